The van der Waals surface area contributed by atoms with E-state index in [0.29, 0.717) is 6.61 Å². The van der Waals surface area contributed by atoms with Gasteiger partial charge in [-0.2, -0.15) is 0 Å². The fourth-order valence-electron chi connectivity index (χ4n) is 2.08. The molecule has 0 aliphatic carbocycles. The summed E-state index contributed by atoms with van der Waals surface area (Å²) in [7, 11) is 1.93. The van der Waals surface area contributed by atoms with Gasteiger partial charge in [0.25, 0.3) is 0 Å². The largest absolute Gasteiger partial charge is 0.389 e. The maximum absolute atomic E-state index is 5.50. The van der Waals surface area contributed by atoms with Gasteiger partial charge in [0.1, 0.15) is 5.71 Å². The maximum Gasteiger partial charge on any atom is 0.159 e. The lowest BCUT2D eigenvalue weighted by Crippen LogP contribution is -2.09. The molecule has 2 heterocycles. The lowest BCUT2D eigenvalue weighted by Gasteiger charge is -2.07. The Balaban J connectivity index is 1.86. The predicted molar refractivity (Wildman–Crippen MR) is 84.3 cm³/mol. The molecule has 3 aromatic rings. The summed E-state index contributed by atoms with van der Waals surface area (Å²) in [5.41, 5.74) is 3.46. The van der Waals surface area contributed by atoms with Crippen LogP contribution < -0.4 is 0 Å². The Hall–Kier alpha value is -2.95. The number of pyridine rings is 1. The number of nitrogens with zero attached hydrogens (tertiary/aromatic N) is 4. The first-order valence-electron chi connectivity index (χ1n) is 6.96. The summed E-state index contributed by atoms with van der Waals surface area (Å²) in [6.45, 7) is 0.328. The normalized spacial score (nSPS) is 11.4. The molecule has 5 nitrogen and oxygen atoms in total. The highest BCUT2D eigenvalue weighted by molar-refractivity contribution is 6.11. The molecule has 0 saturated carbocycles. The number of benzene rings is 1. The molecule has 0 fully saturated rings. The van der Waals surface area contributed by atoms with Crippen molar-refractivity contribution in [2.24, 2.45) is 12.2 Å². The van der Waals surface area contributed by atoms with Gasteiger partial charge < -0.3 is 9.40 Å². The van der Waals surface area contributed by atoms with E-state index in [1.807, 2.05) is 60.1 Å². The number of aryl methyl sites for hydroxylation is 1. The van der Waals surface area contributed by atoms with Crippen LogP contribution in [0.1, 0.15) is 17.0 Å². The molecule has 3 rings (SSSR count). The minimum absolute atomic E-state index is 0.328. The summed E-state index contributed by atoms with van der Waals surface area (Å²) in [5.74, 6) is 0. The number of imidazole rings is 1. The molecule has 5 heteroatoms. The van der Waals surface area contributed by atoms with Gasteiger partial charge in [0.2, 0.25) is 0 Å². The number of hydrogen-bond donors (Lipinski definition) is 0. The fourth-order valence-corrected chi connectivity index (χ4v) is 2.08. The Bertz CT molecular complexity index is 751. The first kappa shape index (κ1) is 14.0. The molecule has 0 aliphatic rings. The molecule has 0 N–H and O–H groups in total. The summed E-state index contributed by atoms with van der Waals surface area (Å²) >= 11 is 0. The second-order valence-electron chi connectivity index (χ2n) is 4.79. The van der Waals surface area contributed by atoms with E-state index in [1.165, 1.54) is 0 Å². The van der Waals surface area contributed by atoms with Crippen molar-refractivity contribution in [3.8, 4) is 0 Å². The van der Waals surface area contributed by atoms with Crippen LogP contribution in [-0.2, 0) is 18.5 Å². The highest BCUT2D eigenvalue weighted by Gasteiger charge is 2.11. The lowest BCUT2D eigenvalue weighted by molar-refractivity contribution is 0.128. The third-order valence-corrected chi connectivity index (χ3v) is 3.20. The van der Waals surface area contributed by atoms with Gasteiger partial charge in [0.05, 0.1) is 23.9 Å². The highest BCUT2D eigenvalue weighted by Crippen LogP contribution is 2.11. The van der Waals surface area contributed by atoms with Gasteiger partial charge in [0, 0.05) is 18.8 Å². The van der Waals surface area contributed by atoms with Gasteiger partial charge in [-0.3, -0.25) is 4.98 Å². The summed E-state index contributed by atoms with van der Waals surface area (Å²) in [6, 6.07) is 15.6. The third kappa shape index (κ3) is 3.20. The molecule has 110 valence electrons. The molecule has 0 spiro atoms. The van der Waals surface area contributed by atoms with E-state index >= 15 is 0 Å². The van der Waals surface area contributed by atoms with Crippen LogP contribution in [-0.4, -0.2) is 20.2 Å². The molecular weight excluding hydrogens is 276 g/mol. The van der Waals surface area contributed by atoms with Gasteiger partial charge in [0.15, 0.2) is 6.61 Å². The standard InChI is InChI=1S/C17H16N4O/c1-21-13-18-11-16(21)17(14-7-3-2-4-8-14)20-22-12-15-9-5-6-10-19-15/h2-11,13H,12H2,1H3. The van der Waals surface area contributed by atoms with Gasteiger partial charge in [-0.25, -0.2) is 4.98 Å². The lowest BCUT2D eigenvalue weighted by atomic mass is 10.1. The molecule has 1 aromatic carbocycles. The van der Waals surface area contributed by atoms with E-state index in [-0.39, 0.29) is 0 Å². The van der Waals surface area contributed by atoms with E-state index in [1.54, 1.807) is 18.7 Å². The van der Waals surface area contributed by atoms with E-state index in [2.05, 4.69) is 15.1 Å². The first-order valence-corrected chi connectivity index (χ1v) is 6.96. The molecule has 0 saturated heterocycles. The van der Waals surface area contributed by atoms with Crippen molar-refractivity contribution >= 4 is 5.71 Å². The summed E-state index contributed by atoms with van der Waals surface area (Å²) in [5, 5.41) is 4.31. The Kier molecular flexibility index (Phi) is 4.25. The van der Waals surface area contributed by atoms with Crippen molar-refractivity contribution in [2.45, 2.75) is 6.61 Å². The van der Waals surface area contributed by atoms with Crippen molar-refractivity contribution in [3.05, 3.63) is 84.2 Å². The van der Waals surface area contributed by atoms with Crippen LogP contribution in [0.3, 0.4) is 0 Å². The van der Waals surface area contributed by atoms with E-state index in [9.17, 15) is 0 Å². The first-order chi connectivity index (χ1) is 10.8. The van der Waals surface area contributed by atoms with Crippen LogP contribution in [0.25, 0.3) is 0 Å². The van der Waals surface area contributed by atoms with Crippen LogP contribution in [0.15, 0.2) is 72.4 Å². The summed E-state index contributed by atoms with van der Waals surface area (Å²) < 4.78 is 1.91. The molecule has 0 aliphatic heterocycles. The number of oxime groups is 1. The van der Waals surface area contributed by atoms with Gasteiger partial charge in [-0.05, 0) is 12.1 Å². The average Bonchev–Trinajstić information content (AvgIpc) is 2.99. The van der Waals surface area contributed by atoms with Crippen molar-refractivity contribution < 1.29 is 4.84 Å². The van der Waals surface area contributed by atoms with Crippen molar-refractivity contribution in [2.75, 3.05) is 0 Å². The average molecular weight is 292 g/mol. The van der Waals surface area contributed by atoms with Crippen molar-refractivity contribution in [1.82, 2.24) is 14.5 Å². The van der Waals surface area contributed by atoms with Crippen LogP contribution in [0.4, 0.5) is 0 Å². The monoisotopic (exact) mass is 292 g/mol. The van der Waals surface area contributed by atoms with Crippen LogP contribution in [0.5, 0.6) is 0 Å². The molecule has 0 radical (unpaired) electrons. The Morgan fingerprint density at radius 3 is 2.64 bits per heavy atom. The third-order valence-electron chi connectivity index (χ3n) is 3.20. The van der Waals surface area contributed by atoms with Crippen LogP contribution in [0.2, 0.25) is 0 Å². The van der Waals surface area contributed by atoms with Gasteiger partial charge >= 0.3 is 0 Å². The minimum Gasteiger partial charge on any atom is -0.389 e. The Labute approximate surface area is 128 Å². The molecular formula is C17H16N4O. The second-order valence-corrected chi connectivity index (χ2v) is 4.79. The SMILES string of the molecule is Cn1cncc1C(=NOCc1ccccn1)c1ccccc1. The van der Waals surface area contributed by atoms with Crippen molar-refractivity contribution in [3.63, 3.8) is 0 Å². The fraction of sp³-hybridized carbons (Fsp3) is 0.118. The maximum atomic E-state index is 5.50. The smallest absolute Gasteiger partial charge is 0.159 e. The molecule has 0 atom stereocenters. The number of aromatic nitrogens is 3. The molecule has 0 unspecified atom stereocenters. The van der Waals surface area contributed by atoms with Crippen LogP contribution >= 0.6 is 0 Å². The minimum atomic E-state index is 0.328. The molecule has 0 bridgehead atoms. The quantitative estimate of drug-likeness (QED) is 0.537. The zero-order valence-corrected chi connectivity index (χ0v) is 12.3. The number of rotatable bonds is 5. The van der Waals surface area contributed by atoms with E-state index in [0.717, 1.165) is 22.7 Å². The van der Waals surface area contributed by atoms with Crippen LogP contribution in [0, 0.1) is 0 Å². The molecule has 2 aromatic heterocycles. The second kappa shape index (κ2) is 6.67. The van der Waals surface area contributed by atoms with Crippen molar-refractivity contribution in [1.29, 1.82) is 0 Å². The molecule has 0 amide bonds. The zero-order valence-electron chi connectivity index (χ0n) is 12.3. The summed E-state index contributed by atoms with van der Waals surface area (Å²) in [4.78, 5) is 13.9. The highest BCUT2D eigenvalue weighted by atomic mass is 16.6. The topological polar surface area (TPSA) is 52.3 Å². The predicted octanol–water partition coefficient (Wildman–Crippen LogP) is 2.78. The Morgan fingerprint density at radius 1 is 1.14 bits per heavy atom. The van der Waals surface area contributed by atoms with Gasteiger partial charge in [-0.15, -0.1) is 0 Å². The van der Waals surface area contributed by atoms with E-state index < -0.39 is 0 Å². The Morgan fingerprint density at radius 2 is 1.95 bits per heavy atom. The van der Waals surface area contributed by atoms with E-state index in [4.69, 9.17) is 4.84 Å². The number of hydrogen-bond acceptors (Lipinski definition) is 4. The zero-order chi connectivity index (χ0) is 15.2. The summed E-state index contributed by atoms with van der Waals surface area (Å²) in [6.07, 6.45) is 5.25. The van der Waals surface area contributed by atoms with Gasteiger partial charge in [-0.1, -0.05) is 41.6 Å². The molecule has 22 heavy (non-hydrogen) atoms.